The van der Waals surface area contributed by atoms with E-state index in [0.29, 0.717) is 0 Å². The van der Waals surface area contributed by atoms with E-state index in [1.165, 1.54) is 43.0 Å². The van der Waals surface area contributed by atoms with Gasteiger partial charge in [0, 0.05) is 23.1 Å². The Hall–Kier alpha value is -0.990. The molecule has 2 aromatic rings. The fourth-order valence-corrected chi connectivity index (χ4v) is 3.27. The number of nitrogens with two attached hydrogens (primary N) is 1. The van der Waals surface area contributed by atoms with Gasteiger partial charge in [0.25, 0.3) is 0 Å². The van der Waals surface area contributed by atoms with Crippen molar-refractivity contribution in [2.75, 3.05) is 6.54 Å². The molecule has 1 aliphatic rings. The number of aromatic nitrogens is 1. The van der Waals surface area contributed by atoms with Crippen molar-refractivity contribution in [3.63, 3.8) is 0 Å². The molecule has 0 bridgehead atoms. The van der Waals surface area contributed by atoms with Crippen LogP contribution in [0.5, 0.6) is 0 Å². The number of halogens is 1. The van der Waals surface area contributed by atoms with Crippen LogP contribution in [0.4, 0.5) is 0 Å². The molecule has 0 spiro atoms. The third-order valence-corrected chi connectivity index (χ3v) is 4.12. The number of hydrogen-bond donors (Lipinski definition) is 1. The summed E-state index contributed by atoms with van der Waals surface area (Å²) in [5.74, 6) is 0. The molecule has 19 heavy (non-hydrogen) atoms. The molecule has 0 atom stereocenters. The summed E-state index contributed by atoms with van der Waals surface area (Å²) in [6, 6.07) is 8.88. The van der Waals surface area contributed by atoms with Crippen molar-refractivity contribution in [1.29, 1.82) is 0 Å². The summed E-state index contributed by atoms with van der Waals surface area (Å²) in [5, 5.41) is 1.48. The molecule has 1 aromatic heterocycles. The molecule has 104 valence electrons. The molecule has 0 aliphatic heterocycles. The predicted octanol–water partition coefficient (Wildman–Crippen LogP) is 3.68. The molecule has 0 saturated heterocycles. The van der Waals surface area contributed by atoms with Gasteiger partial charge in [-0.1, -0.05) is 24.6 Å². The Labute approximate surface area is 121 Å². The van der Waals surface area contributed by atoms with Crippen LogP contribution in [0.1, 0.15) is 36.9 Å². The van der Waals surface area contributed by atoms with Crippen LogP contribution in [-0.4, -0.2) is 11.1 Å². The Morgan fingerprint density at radius 3 is 2.68 bits per heavy atom. The van der Waals surface area contributed by atoms with E-state index in [2.05, 4.69) is 28.8 Å². The minimum Gasteiger partial charge on any atom is -0.344 e. The zero-order chi connectivity index (χ0) is 12.4. The van der Waals surface area contributed by atoms with Crippen molar-refractivity contribution >= 4 is 23.3 Å². The third-order valence-electron chi connectivity index (χ3n) is 4.12. The molecule has 0 fully saturated rings. The van der Waals surface area contributed by atoms with Crippen LogP contribution in [0.15, 0.2) is 24.3 Å². The van der Waals surface area contributed by atoms with E-state index in [9.17, 15) is 0 Å². The van der Waals surface area contributed by atoms with Gasteiger partial charge in [-0.05, 0) is 50.3 Å². The van der Waals surface area contributed by atoms with Crippen molar-refractivity contribution < 1.29 is 0 Å². The van der Waals surface area contributed by atoms with E-state index in [1.807, 2.05) is 0 Å². The van der Waals surface area contributed by atoms with E-state index in [1.54, 1.807) is 11.3 Å². The molecule has 2 nitrogen and oxygen atoms in total. The molecule has 1 aliphatic carbocycles. The molecule has 2 N–H and O–H groups in total. The summed E-state index contributed by atoms with van der Waals surface area (Å²) in [4.78, 5) is 0. The summed E-state index contributed by atoms with van der Waals surface area (Å²) in [7, 11) is 0. The molecule has 1 heterocycles. The largest absolute Gasteiger partial charge is 0.344 e. The molecular weight excluding hydrogens is 256 g/mol. The highest BCUT2D eigenvalue weighted by Gasteiger charge is 2.17. The van der Waals surface area contributed by atoms with Crippen LogP contribution < -0.4 is 5.73 Å². The summed E-state index contributed by atoms with van der Waals surface area (Å²) in [5.41, 5.74) is 10.3. The zero-order valence-electron chi connectivity index (χ0n) is 11.4. The topological polar surface area (TPSA) is 30.9 Å². The molecule has 0 radical (unpaired) electrons. The van der Waals surface area contributed by atoms with Gasteiger partial charge in [0.2, 0.25) is 0 Å². The molecule has 0 amide bonds. The SMILES string of the molecule is Cl.NCCCn1c2c(c3ccccc31)CCCCC2. The third kappa shape index (κ3) is 2.65. The fraction of sp³-hybridized carbons (Fsp3) is 0.500. The second-order valence-electron chi connectivity index (χ2n) is 5.30. The standard InChI is InChI=1S/C16H22N2.ClH/c17-11-6-12-18-15-9-3-1-2-7-13(15)14-8-4-5-10-16(14)18;/h4-5,8,10H,1-3,6-7,9,11-12,17H2;1H. The second-order valence-corrected chi connectivity index (χ2v) is 5.30. The number of rotatable bonds is 3. The number of para-hydroxylation sites is 1. The quantitative estimate of drug-likeness (QED) is 0.853. The minimum absolute atomic E-state index is 0. The van der Waals surface area contributed by atoms with Gasteiger partial charge < -0.3 is 10.3 Å². The van der Waals surface area contributed by atoms with Crippen molar-refractivity contribution in [3.05, 3.63) is 35.5 Å². The highest BCUT2D eigenvalue weighted by molar-refractivity contribution is 5.86. The first kappa shape index (κ1) is 14.4. The Bertz CT molecular complexity index is 545. The maximum absolute atomic E-state index is 5.68. The summed E-state index contributed by atoms with van der Waals surface area (Å²) in [6.07, 6.45) is 7.63. The molecule has 1 aromatic carbocycles. The highest BCUT2D eigenvalue weighted by atomic mass is 35.5. The van der Waals surface area contributed by atoms with Gasteiger partial charge in [-0.25, -0.2) is 0 Å². The first-order chi connectivity index (χ1) is 8.92. The van der Waals surface area contributed by atoms with Crippen LogP contribution in [0.25, 0.3) is 10.9 Å². The van der Waals surface area contributed by atoms with Gasteiger partial charge in [0.1, 0.15) is 0 Å². The van der Waals surface area contributed by atoms with Crippen LogP contribution in [0.3, 0.4) is 0 Å². The van der Waals surface area contributed by atoms with Gasteiger partial charge in [-0.15, -0.1) is 12.4 Å². The predicted molar refractivity (Wildman–Crippen MR) is 84.1 cm³/mol. The minimum atomic E-state index is 0. The number of nitrogens with zero attached hydrogens (tertiary/aromatic N) is 1. The van der Waals surface area contributed by atoms with Gasteiger partial charge in [0.15, 0.2) is 0 Å². The summed E-state index contributed by atoms with van der Waals surface area (Å²) < 4.78 is 2.53. The van der Waals surface area contributed by atoms with Crippen LogP contribution in [0, 0.1) is 0 Å². The van der Waals surface area contributed by atoms with Crippen molar-refractivity contribution in [1.82, 2.24) is 4.57 Å². The monoisotopic (exact) mass is 278 g/mol. The Morgan fingerprint density at radius 2 is 1.84 bits per heavy atom. The molecule has 0 saturated carbocycles. The Balaban J connectivity index is 0.00000133. The van der Waals surface area contributed by atoms with Crippen LogP contribution >= 0.6 is 12.4 Å². The Kier molecular flexibility index (Phi) is 4.89. The highest BCUT2D eigenvalue weighted by Crippen LogP contribution is 2.31. The average molecular weight is 279 g/mol. The number of fused-ring (bicyclic) bond motifs is 3. The lowest BCUT2D eigenvalue weighted by molar-refractivity contribution is 0.629. The lowest BCUT2D eigenvalue weighted by Crippen LogP contribution is -2.08. The number of benzene rings is 1. The van der Waals surface area contributed by atoms with Gasteiger partial charge in [0.05, 0.1) is 0 Å². The van der Waals surface area contributed by atoms with E-state index in [4.69, 9.17) is 5.73 Å². The van der Waals surface area contributed by atoms with E-state index in [0.717, 1.165) is 19.5 Å². The smallest absolute Gasteiger partial charge is 0.0485 e. The fourth-order valence-electron chi connectivity index (χ4n) is 3.27. The first-order valence-electron chi connectivity index (χ1n) is 7.21. The van der Waals surface area contributed by atoms with Gasteiger partial charge >= 0.3 is 0 Å². The van der Waals surface area contributed by atoms with Gasteiger partial charge in [-0.3, -0.25) is 0 Å². The Morgan fingerprint density at radius 1 is 1.05 bits per heavy atom. The number of hydrogen-bond acceptors (Lipinski definition) is 1. The maximum Gasteiger partial charge on any atom is 0.0485 e. The zero-order valence-corrected chi connectivity index (χ0v) is 12.2. The normalized spacial score (nSPS) is 14.8. The number of aryl methyl sites for hydroxylation is 2. The van der Waals surface area contributed by atoms with Crippen LogP contribution in [-0.2, 0) is 19.4 Å². The molecule has 3 heteroatoms. The average Bonchev–Trinajstić information content (AvgIpc) is 2.56. The summed E-state index contributed by atoms with van der Waals surface area (Å²) >= 11 is 0. The lowest BCUT2D eigenvalue weighted by atomic mass is 10.1. The molecule has 3 rings (SSSR count). The second kappa shape index (κ2) is 6.44. The van der Waals surface area contributed by atoms with E-state index < -0.39 is 0 Å². The first-order valence-corrected chi connectivity index (χ1v) is 7.21. The molecule has 0 unspecified atom stereocenters. The van der Waals surface area contributed by atoms with Crippen molar-refractivity contribution in [3.8, 4) is 0 Å². The lowest BCUT2D eigenvalue weighted by Gasteiger charge is -2.10. The maximum atomic E-state index is 5.68. The van der Waals surface area contributed by atoms with Crippen molar-refractivity contribution in [2.24, 2.45) is 5.73 Å². The molecular formula is C16H23ClN2. The van der Waals surface area contributed by atoms with Crippen molar-refractivity contribution in [2.45, 2.75) is 45.1 Å². The van der Waals surface area contributed by atoms with E-state index in [-0.39, 0.29) is 12.4 Å². The van der Waals surface area contributed by atoms with E-state index >= 15 is 0 Å². The van der Waals surface area contributed by atoms with Gasteiger partial charge in [-0.2, -0.15) is 0 Å². The van der Waals surface area contributed by atoms with Crippen LogP contribution in [0.2, 0.25) is 0 Å². The summed E-state index contributed by atoms with van der Waals surface area (Å²) in [6.45, 7) is 1.85.